The molecule has 2 rings (SSSR count). The molecule has 0 aromatic heterocycles. The molecule has 1 saturated heterocycles. The number of benzene rings is 1. The van der Waals surface area contributed by atoms with E-state index in [1.807, 2.05) is 6.92 Å². The Morgan fingerprint density at radius 3 is 2.65 bits per heavy atom. The van der Waals surface area contributed by atoms with E-state index in [1.54, 1.807) is 0 Å². The van der Waals surface area contributed by atoms with Crippen molar-refractivity contribution in [2.45, 2.75) is 13.3 Å². The highest BCUT2D eigenvalue weighted by Gasteiger charge is 2.37. The van der Waals surface area contributed by atoms with E-state index in [0.717, 1.165) is 18.6 Å². The standard InChI is InChI=1S/C14H18F2N2O2/c1-14(7-17)5-6-18(8-14)13(19)11-9(15)3-4-10(16)12(11)20-2/h3-4H,5-8,17H2,1-2H3. The smallest absolute Gasteiger partial charge is 0.260 e. The van der Waals surface area contributed by atoms with Gasteiger partial charge in [0.2, 0.25) is 0 Å². The van der Waals surface area contributed by atoms with Crippen molar-refractivity contribution in [3.63, 3.8) is 0 Å². The Morgan fingerprint density at radius 2 is 2.10 bits per heavy atom. The van der Waals surface area contributed by atoms with E-state index in [2.05, 4.69) is 0 Å². The number of likely N-dealkylation sites (tertiary alicyclic amines) is 1. The molecule has 0 radical (unpaired) electrons. The summed E-state index contributed by atoms with van der Waals surface area (Å²) in [6.07, 6.45) is 0.745. The van der Waals surface area contributed by atoms with Crippen molar-refractivity contribution in [3.05, 3.63) is 29.3 Å². The van der Waals surface area contributed by atoms with Crippen LogP contribution in [0.2, 0.25) is 0 Å². The Bertz CT molecular complexity index is 536. The number of halogens is 2. The lowest BCUT2D eigenvalue weighted by Crippen LogP contribution is -2.35. The van der Waals surface area contributed by atoms with E-state index < -0.39 is 17.5 Å². The van der Waals surface area contributed by atoms with Crippen LogP contribution in [-0.4, -0.2) is 37.6 Å². The molecule has 6 heteroatoms. The summed E-state index contributed by atoms with van der Waals surface area (Å²) in [6, 6.07) is 1.88. The average molecular weight is 284 g/mol. The van der Waals surface area contributed by atoms with Gasteiger partial charge in [0.05, 0.1) is 7.11 Å². The first kappa shape index (κ1) is 14.7. The van der Waals surface area contributed by atoms with E-state index in [1.165, 1.54) is 12.0 Å². The summed E-state index contributed by atoms with van der Waals surface area (Å²) < 4.78 is 32.3. The van der Waals surface area contributed by atoms with Crippen LogP contribution in [0.15, 0.2) is 12.1 Å². The van der Waals surface area contributed by atoms with Crippen LogP contribution < -0.4 is 10.5 Å². The van der Waals surface area contributed by atoms with Crippen molar-refractivity contribution >= 4 is 5.91 Å². The van der Waals surface area contributed by atoms with Crippen molar-refractivity contribution in [2.75, 3.05) is 26.7 Å². The molecule has 1 unspecified atom stereocenters. The van der Waals surface area contributed by atoms with Crippen LogP contribution in [0.3, 0.4) is 0 Å². The van der Waals surface area contributed by atoms with Gasteiger partial charge in [-0.2, -0.15) is 0 Å². The van der Waals surface area contributed by atoms with Gasteiger partial charge in [-0.15, -0.1) is 0 Å². The number of nitrogens with zero attached hydrogens (tertiary/aromatic N) is 1. The predicted molar refractivity (Wildman–Crippen MR) is 70.6 cm³/mol. The minimum Gasteiger partial charge on any atom is -0.493 e. The van der Waals surface area contributed by atoms with Crippen molar-refractivity contribution in [1.29, 1.82) is 0 Å². The van der Waals surface area contributed by atoms with Gasteiger partial charge in [0.25, 0.3) is 5.91 Å². The summed E-state index contributed by atoms with van der Waals surface area (Å²) in [4.78, 5) is 13.9. The highest BCUT2D eigenvalue weighted by molar-refractivity contribution is 5.97. The van der Waals surface area contributed by atoms with E-state index in [4.69, 9.17) is 10.5 Å². The molecule has 1 amide bonds. The second-order valence-electron chi connectivity index (χ2n) is 5.43. The van der Waals surface area contributed by atoms with Gasteiger partial charge in [-0.3, -0.25) is 4.79 Å². The second kappa shape index (κ2) is 5.36. The topological polar surface area (TPSA) is 55.6 Å². The molecule has 1 atom stereocenters. The van der Waals surface area contributed by atoms with Crippen molar-refractivity contribution < 1.29 is 18.3 Å². The first-order valence-electron chi connectivity index (χ1n) is 6.43. The molecule has 0 aliphatic carbocycles. The zero-order valence-corrected chi connectivity index (χ0v) is 11.6. The van der Waals surface area contributed by atoms with Crippen molar-refractivity contribution in [2.24, 2.45) is 11.1 Å². The van der Waals surface area contributed by atoms with E-state index in [0.29, 0.717) is 19.6 Å². The summed E-state index contributed by atoms with van der Waals surface area (Å²) >= 11 is 0. The maximum absolute atomic E-state index is 13.9. The van der Waals surface area contributed by atoms with Crippen LogP contribution in [-0.2, 0) is 0 Å². The van der Waals surface area contributed by atoms with Crippen LogP contribution >= 0.6 is 0 Å². The fraction of sp³-hybridized carbons (Fsp3) is 0.500. The second-order valence-corrected chi connectivity index (χ2v) is 5.43. The minimum atomic E-state index is -0.783. The molecule has 0 saturated carbocycles. The monoisotopic (exact) mass is 284 g/mol. The molecular formula is C14H18F2N2O2. The maximum Gasteiger partial charge on any atom is 0.260 e. The Balaban J connectivity index is 2.33. The van der Waals surface area contributed by atoms with E-state index >= 15 is 0 Å². The van der Waals surface area contributed by atoms with Crippen molar-refractivity contribution in [3.8, 4) is 5.75 Å². The number of amides is 1. The van der Waals surface area contributed by atoms with E-state index in [-0.39, 0.29) is 16.7 Å². The van der Waals surface area contributed by atoms with Gasteiger partial charge in [-0.05, 0) is 30.5 Å². The van der Waals surface area contributed by atoms with Crippen LogP contribution in [0.1, 0.15) is 23.7 Å². The van der Waals surface area contributed by atoms with Gasteiger partial charge < -0.3 is 15.4 Å². The number of rotatable bonds is 3. The molecule has 1 aliphatic rings. The lowest BCUT2D eigenvalue weighted by Gasteiger charge is -2.23. The molecule has 1 fully saturated rings. The average Bonchev–Trinajstić information content (AvgIpc) is 2.83. The molecule has 110 valence electrons. The first-order valence-corrected chi connectivity index (χ1v) is 6.43. The highest BCUT2D eigenvalue weighted by Crippen LogP contribution is 2.32. The molecule has 20 heavy (non-hydrogen) atoms. The van der Waals surface area contributed by atoms with Crippen LogP contribution in [0.5, 0.6) is 5.75 Å². The van der Waals surface area contributed by atoms with Crippen molar-refractivity contribution in [1.82, 2.24) is 4.90 Å². The van der Waals surface area contributed by atoms with Gasteiger partial charge in [-0.25, -0.2) is 8.78 Å². The third kappa shape index (κ3) is 2.47. The largest absolute Gasteiger partial charge is 0.493 e. The molecule has 1 aliphatic heterocycles. The normalized spacial score (nSPS) is 22.1. The number of carbonyl (C=O) groups is 1. The lowest BCUT2D eigenvalue weighted by atomic mass is 9.90. The summed E-state index contributed by atoms with van der Waals surface area (Å²) in [5.41, 5.74) is 5.16. The number of ether oxygens (including phenoxy) is 1. The molecule has 1 aromatic rings. The highest BCUT2D eigenvalue weighted by atomic mass is 19.1. The molecule has 0 bridgehead atoms. The Morgan fingerprint density at radius 1 is 1.45 bits per heavy atom. The molecule has 4 nitrogen and oxygen atoms in total. The number of hydrogen-bond acceptors (Lipinski definition) is 3. The van der Waals surface area contributed by atoms with Gasteiger partial charge >= 0.3 is 0 Å². The summed E-state index contributed by atoms with van der Waals surface area (Å²) in [5, 5.41) is 0. The molecular weight excluding hydrogens is 266 g/mol. The lowest BCUT2D eigenvalue weighted by molar-refractivity contribution is 0.0767. The van der Waals surface area contributed by atoms with Gasteiger partial charge in [-0.1, -0.05) is 6.92 Å². The summed E-state index contributed by atoms with van der Waals surface area (Å²) in [5.74, 6) is -2.44. The zero-order valence-electron chi connectivity index (χ0n) is 11.6. The van der Waals surface area contributed by atoms with Gasteiger partial charge in [0, 0.05) is 13.1 Å². The molecule has 1 aromatic carbocycles. The van der Waals surface area contributed by atoms with E-state index in [9.17, 15) is 13.6 Å². The third-order valence-electron chi connectivity index (χ3n) is 3.81. The fourth-order valence-electron chi connectivity index (χ4n) is 2.45. The Labute approximate surface area is 116 Å². The number of hydrogen-bond donors (Lipinski definition) is 1. The number of methoxy groups -OCH3 is 1. The molecule has 0 spiro atoms. The molecule has 2 N–H and O–H groups in total. The van der Waals surface area contributed by atoms with Gasteiger partial charge in [0.15, 0.2) is 11.6 Å². The number of nitrogens with two attached hydrogens (primary N) is 1. The third-order valence-corrected chi connectivity index (χ3v) is 3.81. The van der Waals surface area contributed by atoms with Crippen LogP contribution in [0.4, 0.5) is 8.78 Å². The van der Waals surface area contributed by atoms with Crippen LogP contribution in [0, 0.1) is 17.0 Å². The summed E-state index contributed by atoms with van der Waals surface area (Å²) in [7, 11) is 1.21. The SMILES string of the molecule is COc1c(F)ccc(F)c1C(=O)N1CCC(C)(CN)C1. The first-order chi connectivity index (χ1) is 9.41. The Hall–Kier alpha value is -1.69. The fourth-order valence-corrected chi connectivity index (χ4v) is 2.45. The maximum atomic E-state index is 13.9. The van der Waals surface area contributed by atoms with Crippen LogP contribution in [0.25, 0.3) is 0 Å². The minimum absolute atomic E-state index is 0.174. The Kier molecular flexibility index (Phi) is 3.94. The van der Waals surface area contributed by atoms with Gasteiger partial charge in [0.1, 0.15) is 11.4 Å². The number of carbonyl (C=O) groups excluding carboxylic acids is 1. The summed E-state index contributed by atoms with van der Waals surface area (Å²) in [6.45, 7) is 3.33. The predicted octanol–water partition coefficient (Wildman–Crippen LogP) is 1.78. The molecule has 1 heterocycles. The zero-order chi connectivity index (χ0) is 14.9. The quantitative estimate of drug-likeness (QED) is 0.920.